The molecule has 1 aromatic rings. The van der Waals surface area contributed by atoms with E-state index in [1.165, 1.54) is 36.0 Å². The Morgan fingerprint density at radius 1 is 1.35 bits per heavy atom. The minimum Gasteiger partial charge on any atom is -0.370 e. The number of hydrogen-bond acceptors (Lipinski definition) is 2. The van der Waals surface area contributed by atoms with Gasteiger partial charge in [-0.3, -0.25) is 0 Å². The third-order valence-corrected chi connectivity index (χ3v) is 5.06. The lowest BCUT2D eigenvalue weighted by Crippen LogP contribution is -2.37. The first-order valence-corrected chi connectivity index (χ1v) is 8.60. The molecule has 1 saturated carbocycles. The van der Waals surface area contributed by atoms with Crippen molar-refractivity contribution < 1.29 is 4.74 Å². The van der Waals surface area contributed by atoms with E-state index in [1.54, 1.807) is 0 Å². The van der Waals surface area contributed by atoms with Crippen LogP contribution in [0.25, 0.3) is 0 Å². The molecule has 3 heteroatoms. The van der Waals surface area contributed by atoms with Crippen molar-refractivity contribution in [2.24, 2.45) is 4.99 Å². The average Bonchev–Trinajstić information content (AvgIpc) is 2.55. The van der Waals surface area contributed by atoms with Crippen LogP contribution in [-0.2, 0) is 16.8 Å². The number of hydrogen-bond donors (Lipinski definition) is 0. The molecule has 1 heterocycles. The van der Waals surface area contributed by atoms with Gasteiger partial charge >= 0.3 is 0 Å². The predicted octanol–water partition coefficient (Wildman–Crippen LogP) is 3.95. The lowest BCUT2D eigenvalue weighted by molar-refractivity contribution is -0.0847. The minimum atomic E-state index is -0.0287. The molecular weight excluding hydrogens is 284 g/mol. The first kappa shape index (κ1) is 16.1. The van der Waals surface area contributed by atoms with Crippen molar-refractivity contribution in [3.63, 3.8) is 0 Å². The zero-order valence-electron chi connectivity index (χ0n) is 14.3. The number of nitrogens with zero attached hydrogens (tertiary/aromatic N) is 2. The van der Waals surface area contributed by atoms with E-state index < -0.39 is 0 Å². The van der Waals surface area contributed by atoms with E-state index in [2.05, 4.69) is 30.0 Å². The third-order valence-electron chi connectivity index (χ3n) is 5.06. The molecular formula is C20H26N2O. The standard InChI is InChI=1S/C20H26N2O/c1-4-11-22(3)15-21-19-14-17-8-12-23-20(9-6-5-7-10-20)18(17)13-16(19)2/h1,13-15H,5-12H2,2-3H3. The number of aryl methyl sites for hydroxylation is 1. The second-order valence-corrected chi connectivity index (χ2v) is 6.81. The zero-order valence-corrected chi connectivity index (χ0v) is 14.3. The Kier molecular flexibility index (Phi) is 4.73. The van der Waals surface area contributed by atoms with Gasteiger partial charge in [-0.15, -0.1) is 6.42 Å². The van der Waals surface area contributed by atoms with Crippen molar-refractivity contribution in [3.8, 4) is 12.3 Å². The minimum absolute atomic E-state index is 0.0287. The van der Waals surface area contributed by atoms with Gasteiger partial charge in [0.15, 0.2) is 0 Å². The van der Waals surface area contributed by atoms with E-state index in [-0.39, 0.29) is 5.60 Å². The molecule has 0 bridgehead atoms. The normalized spacial score (nSPS) is 19.5. The van der Waals surface area contributed by atoms with Crippen molar-refractivity contribution in [1.82, 2.24) is 4.90 Å². The SMILES string of the molecule is C#CCN(C)C=Nc1cc2c(cc1C)C1(CCCCC1)OCC2. The van der Waals surface area contributed by atoms with Crippen LogP contribution in [0.3, 0.4) is 0 Å². The molecule has 0 atom stereocenters. The molecule has 3 nitrogen and oxygen atoms in total. The highest BCUT2D eigenvalue weighted by molar-refractivity contribution is 5.64. The number of ether oxygens (including phenoxy) is 1. The lowest BCUT2D eigenvalue weighted by Gasteiger charge is -2.42. The van der Waals surface area contributed by atoms with Crippen LogP contribution in [0, 0.1) is 19.3 Å². The largest absolute Gasteiger partial charge is 0.370 e. The van der Waals surface area contributed by atoms with E-state index in [9.17, 15) is 0 Å². The molecule has 122 valence electrons. The van der Waals surface area contributed by atoms with Gasteiger partial charge in [0.05, 0.1) is 30.8 Å². The number of rotatable bonds is 3. The maximum absolute atomic E-state index is 6.29. The molecule has 0 N–H and O–H groups in total. The van der Waals surface area contributed by atoms with Crippen LogP contribution in [0.15, 0.2) is 17.1 Å². The molecule has 2 aliphatic rings. The fourth-order valence-electron chi connectivity index (χ4n) is 3.83. The lowest BCUT2D eigenvalue weighted by atomic mass is 9.75. The van der Waals surface area contributed by atoms with Gasteiger partial charge < -0.3 is 9.64 Å². The Hall–Kier alpha value is -1.79. The van der Waals surface area contributed by atoms with Gasteiger partial charge in [-0.2, -0.15) is 0 Å². The summed E-state index contributed by atoms with van der Waals surface area (Å²) in [5.74, 6) is 2.63. The van der Waals surface area contributed by atoms with Gasteiger partial charge in [-0.1, -0.05) is 31.2 Å². The van der Waals surface area contributed by atoms with E-state index >= 15 is 0 Å². The predicted molar refractivity (Wildman–Crippen MR) is 95.2 cm³/mol. The summed E-state index contributed by atoms with van der Waals surface area (Å²) in [6, 6.07) is 4.57. The van der Waals surface area contributed by atoms with Crippen LogP contribution in [-0.4, -0.2) is 31.4 Å². The first-order valence-electron chi connectivity index (χ1n) is 8.60. The third kappa shape index (κ3) is 3.28. The molecule has 3 rings (SSSR count). The fraction of sp³-hybridized carbons (Fsp3) is 0.550. The highest BCUT2D eigenvalue weighted by atomic mass is 16.5. The van der Waals surface area contributed by atoms with Crippen LogP contribution >= 0.6 is 0 Å². The van der Waals surface area contributed by atoms with E-state index in [1.807, 2.05) is 18.3 Å². The summed E-state index contributed by atoms with van der Waals surface area (Å²) in [7, 11) is 1.95. The topological polar surface area (TPSA) is 24.8 Å². The van der Waals surface area contributed by atoms with Gasteiger partial charge in [-0.25, -0.2) is 4.99 Å². The van der Waals surface area contributed by atoms with Gasteiger partial charge in [0.25, 0.3) is 0 Å². The summed E-state index contributed by atoms with van der Waals surface area (Å²) in [5.41, 5.74) is 5.05. The molecule has 0 radical (unpaired) electrons. The van der Waals surface area contributed by atoms with Crippen molar-refractivity contribution in [3.05, 3.63) is 28.8 Å². The molecule has 1 fully saturated rings. The van der Waals surface area contributed by atoms with Crippen molar-refractivity contribution in [1.29, 1.82) is 0 Å². The monoisotopic (exact) mass is 310 g/mol. The van der Waals surface area contributed by atoms with Gasteiger partial charge in [0, 0.05) is 7.05 Å². The molecule has 1 aromatic carbocycles. The Bertz CT molecular complexity index is 636. The maximum Gasteiger partial charge on any atom is 0.0934 e. The van der Waals surface area contributed by atoms with Gasteiger partial charge in [-0.05, 0) is 48.9 Å². The highest BCUT2D eigenvalue weighted by Crippen LogP contribution is 2.45. The summed E-state index contributed by atoms with van der Waals surface area (Å²) in [6.45, 7) is 3.54. The quantitative estimate of drug-likeness (QED) is 0.480. The van der Waals surface area contributed by atoms with Crippen LogP contribution in [0.4, 0.5) is 5.69 Å². The summed E-state index contributed by atoms with van der Waals surface area (Å²) < 4.78 is 6.29. The maximum atomic E-state index is 6.29. The molecule has 1 aliphatic heterocycles. The van der Waals surface area contributed by atoms with E-state index in [0.717, 1.165) is 31.6 Å². The van der Waals surface area contributed by atoms with Gasteiger partial charge in [0.2, 0.25) is 0 Å². The average molecular weight is 310 g/mol. The van der Waals surface area contributed by atoms with E-state index in [4.69, 9.17) is 11.2 Å². The van der Waals surface area contributed by atoms with Crippen LogP contribution < -0.4 is 0 Å². The van der Waals surface area contributed by atoms with E-state index in [0.29, 0.717) is 6.54 Å². The fourth-order valence-corrected chi connectivity index (χ4v) is 3.83. The molecule has 23 heavy (non-hydrogen) atoms. The molecule has 0 aromatic heterocycles. The van der Waals surface area contributed by atoms with Crippen molar-refractivity contribution >= 4 is 12.0 Å². The molecule has 1 spiro atoms. The Morgan fingerprint density at radius 2 is 2.13 bits per heavy atom. The van der Waals surface area contributed by atoms with Crippen LogP contribution in [0.5, 0.6) is 0 Å². The Morgan fingerprint density at radius 3 is 2.87 bits per heavy atom. The first-order chi connectivity index (χ1) is 11.1. The van der Waals surface area contributed by atoms with Crippen LogP contribution in [0.2, 0.25) is 0 Å². The van der Waals surface area contributed by atoms with Crippen molar-refractivity contribution in [2.45, 2.75) is 51.0 Å². The summed E-state index contributed by atoms with van der Waals surface area (Å²) in [6.07, 6.45) is 14.3. The number of terminal acetylenes is 1. The molecule has 1 aliphatic carbocycles. The molecule has 0 amide bonds. The number of fused-ring (bicyclic) bond motifs is 2. The molecule has 0 unspecified atom stereocenters. The summed E-state index contributed by atoms with van der Waals surface area (Å²) in [5, 5.41) is 0. The van der Waals surface area contributed by atoms with Gasteiger partial charge in [0.1, 0.15) is 0 Å². The van der Waals surface area contributed by atoms with Crippen molar-refractivity contribution in [2.75, 3.05) is 20.2 Å². The highest BCUT2D eigenvalue weighted by Gasteiger charge is 2.39. The Labute approximate surface area is 139 Å². The van der Waals surface area contributed by atoms with Crippen LogP contribution in [0.1, 0.15) is 48.8 Å². The zero-order chi connectivity index (χ0) is 16.3. The second kappa shape index (κ2) is 6.76. The smallest absolute Gasteiger partial charge is 0.0934 e. The summed E-state index contributed by atoms with van der Waals surface area (Å²) in [4.78, 5) is 6.55. The second-order valence-electron chi connectivity index (χ2n) is 6.81. The number of aliphatic imine (C=N–C) groups is 1. The Balaban J connectivity index is 1.91. The summed E-state index contributed by atoms with van der Waals surface area (Å²) >= 11 is 0. The number of benzene rings is 1. The molecule has 0 saturated heterocycles.